The molecule has 0 saturated heterocycles. The van der Waals surface area contributed by atoms with Gasteiger partial charge in [-0.1, -0.05) is 12.1 Å². The van der Waals surface area contributed by atoms with Crippen molar-refractivity contribution in [2.45, 2.75) is 32.4 Å². The van der Waals surface area contributed by atoms with Crippen LogP contribution in [-0.2, 0) is 13.0 Å². The summed E-state index contributed by atoms with van der Waals surface area (Å²) in [7, 11) is 0. The number of carbonyl (C=O) groups is 3. The normalized spacial score (nSPS) is 14.3. The van der Waals surface area contributed by atoms with Gasteiger partial charge in [-0.05, 0) is 76.1 Å². The van der Waals surface area contributed by atoms with E-state index in [1.54, 1.807) is 25.1 Å². The van der Waals surface area contributed by atoms with Crippen LogP contribution in [-0.4, -0.2) is 42.6 Å². The molecule has 0 aliphatic heterocycles. The van der Waals surface area contributed by atoms with Crippen LogP contribution in [0, 0.1) is 12.7 Å². The fourth-order valence-electron chi connectivity index (χ4n) is 4.64. The second-order valence-corrected chi connectivity index (χ2v) is 9.75. The van der Waals surface area contributed by atoms with E-state index in [2.05, 4.69) is 36.6 Å². The zero-order valence-electron chi connectivity index (χ0n) is 20.0. The van der Waals surface area contributed by atoms with Crippen molar-refractivity contribution >= 4 is 39.4 Å². The van der Waals surface area contributed by atoms with Crippen LogP contribution in [0.4, 0.5) is 4.39 Å². The molecule has 0 radical (unpaired) electrons. The van der Waals surface area contributed by atoms with Gasteiger partial charge in [0, 0.05) is 12.6 Å². The smallest absolute Gasteiger partial charge is 0.335 e. The van der Waals surface area contributed by atoms with Gasteiger partial charge >= 0.3 is 5.97 Å². The second-order valence-electron chi connectivity index (χ2n) is 8.90. The molecule has 4 aromatic rings. The standard InChI is InChI=1S/C26H21BrFN5O5/c1-12-14-5-6-19(16(14)4-3-15(12)26(37)38)32-25(36)21-9-20(31-23-18(28)11-30-33(21)23)24(35)29-10-13-2-7-22(34)17(27)8-13/h2-4,7-9,11,19,34H,5-6,10H2,1H3,(H,29,35)(H,32,36)(H,37,38)/t19-/m0/s1. The Hall–Kier alpha value is -4.32. The van der Waals surface area contributed by atoms with Crippen molar-refractivity contribution in [3.8, 4) is 5.75 Å². The fraction of sp³-hybridized carbons (Fsp3) is 0.192. The number of phenols is 1. The predicted octanol–water partition coefficient (Wildman–Crippen LogP) is 3.69. The maximum absolute atomic E-state index is 14.4. The SMILES string of the molecule is Cc1c(C(=O)O)ccc2c1CC[C@@H]2NC(=O)c1cc(C(=O)NCc2ccc(O)c(Br)c2)nc2c(F)cnn12. The summed E-state index contributed by atoms with van der Waals surface area (Å²) in [6.07, 6.45) is 2.06. The number of halogens is 2. The molecule has 2 amide bonds. The van der Waals surface area contributed by atoms with Gasteiger partial charge < -0.3 is 20.8 Å². The molecule has 0 fully saturated rings. The van der Waals surface area contributed by atoms with Crippen LogP contribution in [0.25, 0.3) is 5.65 Å². The molecule has 2 heterocycles. The Morgan fingerprint density at radius 2 is 1.97 bits per heavy atom. The molecule has 38 heavy (non-hydrogen) atoms. The van der Waals surface area contributed by atoms with Gasteiger partial charge in [0.15, 0.2) is 11.5 Å². The number of hydrogen-bond donors (Lipinski definition) is 4. The number of amides is 2. The number of fused-ring (bicyclic) bond motifs is 2. The Balaban J connectivity index is 1.41. The van der Waals surface area contributed by atoms with Crippen LogP contribution in [0.15, 0.2) is 47.1 Å². The topological polar surface area (TPSA) is 146 Å². The first kappa shape index (κ1) is 25.3. The average molecular weight is 582 g/mol. The van der Waals surface area contributed by atoms with Gasteiger partial charge in [0.05, 0.1) is 22.3 Å². The lowest BCUT2D eigenvalue weighted by molar-refractivity contribution is 0.0695. The third-order valence-corrected chi connectivity index (χ3v) is 7.22. The number of aromatic hydroxyl groups is 1. The van der Waals surface area contributed by atoms with Crippen LogP contribution in [0.3, 0.4) is 0 Å². The summed E-state index contributed by atoms with van der Waals surface area (Å²) in [6, 6.07) is 8.81. The highest BCUT2D eigenvalue weighted by Gasteiger charge is 2.29. The zero-order valence-corrected chi connectivity index (χ0v) is 21.5. The molecule has 0 saturated carbocycles. The van der Waals surface area contributed by atoms with Crippen molar-refractivity contribution in [2.24, 2.45) is 0 Å². The van der Waals surface area contributed by atoms with Gasteiger partial charge in [-0.3, -0.25) is 9.59 Å². The molecule has 1 atom stereocenters. The third-order valence-electron chi connectivity index (χ3n) is 6.59. The highest BCUT2D eigenvalue weighted by Crippen LogP contribution is 2.35. The Labute approximate surface area is 223 Å². The number of rotatable bonds is 6. The van der Waals surface area contributed by atoms with Gasteiger partial charge in [0.1, 0.15) is 17.1 Å². The number of aromatic carboxylic acids is 1. The van der Waals surface area contributed by atoms with E-state index >= 15 is 0 Å². The molecule has 0 bridgehead atoms. The molecule has 4 N–H and O–H groups in total. The van der Waals surface area contributed by atoms with E-state index in [4.69, 9.17) is 0 Å². The first-order valence-electron chi connectivity index (χ1n) is 11.6. The predicted molar refractivity (Wildman–Crippen MR) is 137 cm³/mol. The maximum atomic E-state index is 14.4. The number of hydrogen-bond acceptors (Lipinski definition) is 6. The fourth-order valence-corrected chi connectivity index (χ4v) is 5.07. The molecule has 194 valence electrons. The minimum atomic E-state index is -1.01. The summed E-state index contributed by atoms with van der Waals surface area (Å²) in [5.74, 6) is -2.97. The highest BCUT2D eigenvalue weighted by molar-refractivity contribution is 9.10. The van der Waals surface area contributed by atoms with Crippen LogP contribution >= 0.6 is 15.9 Å². The summed E-state index contributed by atoms with van der Waals surface area (Å²) in [5, 5.41) is 28.5. The summed E-state index contributed by atoms with van der Waals surface area (Å²) in [4.78, 5) is 41.8. The van der Waals surface area contributed by atoms with Crippen molar-refractivity contribution in [3.63, 3.8) is 0 Å². The van der Waals surface area contributed by atoms with E-state index in [1.807, 2.05) is 0 Å². The highest BCUT2D eigenvalue weighted by atomic mass is 79.9. The minimum Gasteiger partial charge on any atom is -0.507 e. The average Bonchev–Trinajstić information content (AvgIpc) is 3.47. The lowest BCUT2D eigenvalue weighted by Gasteiger charge is -2.16. The van der Waals surface area contributed by atoms with Gasteiger partial charge in [-0.15, -0.1) is 0 Å². The van der Waals surface area contributed by atoms with Crippen molar-refractivity contribution in [1.82, 2.24) is 25.2 Å². The third kappa shape index (κ3) is 4.58. The molecular weight excluding hydrogens is 561 g/mol. The van der Waals surface area contributed by atoms with E-state index in [-0.39, 0.29) is 34.9 Å². The Kier molecular flexibility index (Phi) is 6.57. The molecule has 10 nitrogen and oxygen atoms in total. The number of benzene rings is 2. The van der Waals surface area contributed by atoms with Gasteiger partial charge in [0.2, 0.25) is 0 Å². The first-order valence-corrected chi connectivity index (χ1v) is 12.4. The molecule has 1 aliphatic rings. The minimum absolute atomic E-state index is 0.0569. The maximum Gasteiger partial charge on any atom is 0.335 e. The van der Waals surface area contributed by atoms with E-state index in [1.165, 1.54) is 18.2 Å². The molecule has 0 unspecified atom stereocenters. The summed E-state index contributed by atoms with van der Waals surface area (Å²) in [5.41, 5.74) is 2.73. The van der Waals surface area contributed by atoms with E-state index in [0.717, 1.165) is 21.8 Å². The molecule has 5 rings (SSSR count). The van der Waals surface area contributed by atoms with Crippen molar-refractivity contribution < 1.29 is 29.0 Å². The second kappa shape index (κ2) is 9.86. The molecular formula is C26H21BrFN5O5. The molecule has 2 aromatic carbocycles. The van der Waals surface area contributed by atoms with Crippen molar-refractivity contribution in [1.29, 1.82) is 0 Å². The van der Waals surface area contributed by atoms with Crippen LogP contribution in [0.2, 0.25) is 0 Å². The summed E-state index contributed by atoms with van der Waals surface area (Å²) >= 11 is 3.22. The van der Waals surface area contributed by atoms with Gasteiger partial charge in [-0.2, -0.15) is 5.10 Å². The summed E-state index contributed by atoms with van der Waals surface area (Å²) in [6.45, 7) is 1.84. The zero-order chi connectivity index (χ0) is 27.1. The summed E-state index contributed by atoms with van der Waals surface area (Å²) < 4.78 is 15.9. The Morgan fingerprint density at radius 1 is 1.18 bits per heavy atom. The quantitative estimate of drug-likeness (QED) is 0.271. The van der Waals surface area contributed by atoms with Crippen LogP contribution in [0.5, 0.6) is 5.75 Å². The molecule has 0 spiro atoms. The number of phenolic OH excluding ortho intramolecular Hbond substituents is 1. The number of carbonyl (C=O) groups excluding carboxylic acids is 2. The monoisotopic (exact) mass is 581 g/mol. The lowest BCUT2D eigenvalue weighted by Crippen LogP contribution is -2.30. The van der Waals surface area contributed by atoms with Crippen molar-refractivity contribution in [2.75, 3.05) is 0 Å². The van der Waals surface area contributed by atoms with Gasteiger partial charge in [-0.25, -0.2) is 18.7 Å². The first-order chi connectivity index (χ1) is 18.1. The largest absolute Gasteiger partial charge is 0.507 e. The van der Waals surface area contributed by atoms with E-state index < -0.39 is 29.6 Å². The van der Waals surface area contributed by atoms with E-state index in [0.29, 0.717) is 28.4 Å². The van der Waals surface area contributed by atoms with Crippen LogP contribution < -0.4 is 10.6 Å². The number of nitrogens with one attached hydrogen (secondary N) is 2. The Bertz CT molecular complexity index is 1640. The molecule has 2 aromatic heterocycles. The lowest BCUT2D eigenvalue weighted by atomic mass is 9.98. The van der Waals surface area contributed by atoms with Crippen molar-refractivity contribution in [3.05, 3.63) is 92.1 Å². The number of carboxylic acid groups (broad SMARTS) is 1. The molecule has 12 heteroatoms. The molecule has 1 aliphatic carbocycles. The number of nitrogens with zero attached hydrogens (tertiary/aromatic N) is 3. The Morgan fingerprint density at radius 3 is 2.71 bits per heavy atom. The number of carboxylic acids is 1. The number of aromatic nitrogens is 3. The van der Waals surface area contributed by atoms with E-state index in [9.17, 15) is 29.0 Å². The van der Waals surface area contributed by atoms with Gasteiger partial charge in [0.25, 0.3) is 11.8 Å². The van der Waals surface area contributed by atoms with Crippen LogP contribution in [0.1, 0.15) is 66.1 Å².